The predicted octanol–water partition coefficient (Wildman–Crippen LogP) is 3.53. The predicted molar refractivity (Wildman–Crippen MR) is 107 cm³/mol. The number of aromatic nitrogens is 1. The molecule has 1 aliphatic rings. The molecule has 2 aromatic rings. The molecule has 1 aromatic heterocycles. The third-order valence-electron chi connectivity index (χ3n) is 4.78. The highest BCUT2D eigenvalue weighted by Crippen LogP contribution is 2.27. The van der Waals surface area contributed by atoms with Crippen molar-refractivity contribution in [2.75, 3.05) is 6.61 Å². The van der Waals surface area contributed by atoms with Crippen LogP contribution in [0.15, 0.2) is 29.6 Å². The number of hydrogen-bond acceptors (Lipinski definition) is 7. The number of para-hydroxylation sites is 1. The first kappa shape index (κ1) is 20.8. The molecular weight excluding hydrogens is 390 g/mol. The monoisotopic (exact) mass is 413 g/mol. The Morgan fingerprint density at radius 3 is 2.72 bits per heavy atom. The molecule has 8 heteroatoms. The number of hydrogen-bond donors (Lipinski definition) is 1. The van der Waals surface area contributed by atoms with Crippen LogP contribution in [-0.2, 0) is 16.1 Å². The third-order valence-corrected chi connectivity index (χ3v) is 5.61. The van der Waals surface area contributed by atoms with Crippen LogP contribution in [-0.4, -0.2) is 29.0 Å². The number of aryl methyl sites for hydroxylation is 1. The number of nitriles is 1. The molecule has 1 N–H and O–H groups in total. The van der Waals surface area contributed by atoms with E-state index in [1.54, 1.807) is 24.3 Å². The van der Waals surface area contributed by atoms with E-state index in [1.165, 1.54) is 11.3 Å². The molecule has 29 heavy (non-hydrogen) atoms. The smallest absolute Gasteiger partial charge is 0.342 e. The summed E-state index contributed by atoms with van der Waals surface area (Å²) in [4.78, 5) is 29.0. The Morgan fingerprint density at radius 2 is 2.03 bits per heavy atom. The van der Waals surface area contributed by atoms with Gasteiger partial charge in [-0.15, -0.1) is 11.3 Å². The van der Waals surface area contributed by atoms with Crippen LogP contribution in [0, 0.1) is 18.3 Å². The number of nitrogens with zero attached hydrogens (tertiary/aromatic N) is 2. The van der Waals surface area contributed by atoms with Crippen molar-refractivity contribution in [2.45, 2.75) is 51.2 Å². The molecule has 0 atom stereocenters. The summed E-state index contributed by atoms with van der Waals surface area (Å²) in [5.41, 5.74) is 0.165. The van der Waals surface area contributed by atoms with Gasteiger partial charge >= 0.3 is 5.97 Å². The summed E-state index contributed by atoms with van der Waals surface area (Å²) in [6.07, 6.45) is 4.10. The molecule has 3 rings (SSSR count). The number of benzene rings is 1. The summed E-state index contributed by atoms with van der Waals surface area (Å²) in [5.74, 6) is -0.762. The largest absolute Gasteiger partial charge is 0.486 e. The van der Waals surface area contributed by atoms with Gasteiger partial charge in [-0.25, -0.2) is 9.78 Å². The van der Waals surface area contributed by atoms with Crippen LogP contribution in [0.25, 0.3) is 0 Å². The zero-order valence-electron chi connectivity index (χ0n) is 16.3. The molecule has 0 bridgehead atoms. The fraction of sp³-hybridized carbons (Fsp3) is 0.429. The Balaban J connectivity index is 1.56. The van der Waals surface area contributed by atoms with Crippen LogP contribution < -0.4 is 10.1 Å². The van der Waals surface area contributed by atoms with Crippen LogP contribution in [0.5, 0.6) is 5.75 Å². The molecule has 0 unspecified atom stereocenters. The zero-order valence-corrected chi connectivity index (χ0v) is 17.1. The van der Waals surface area contributed by atoms with Gasteiger partial charge in [0, 0.05) is 5.38 Å². The number of nitrogens with one attached hydrogen (secondary N) is 1. The van der Waals surface area contributed by atoms with E-state index in [0.29, 0.717) is 18.6 Å². The van der Waals surface area contributed by atoms with Crippen molar-refractivity contribution in [3.05, 3.63) is 45.9 Å². The fourth-order valence-corrected chi connectivity index (χ4v) is 3.92. The number of carbonyl (C=O) groups is 2. The summed E-state index contributed by atoms with van der Waals surface area (Å²) >= 11 is 1.53. The molecular formula is C21H23N3O4S. The number of esters is 1. The molecule has 152 valence electrons. The molecule has 0 spiro atoms. The maximum absolute atomic E-state index is 12.5. The van der Waals surface area contributed by atoms with E-state index in [4.69, 9.17) is 9.47 Å². The van der Waals surface area contributed by atoms with Gasteiger partial charge in [-0.05, 0) is 31.9 Å². The van der Waals surface area contributed by atoms with Gasteiger partial charge in [0.1, 0.15) is 23.5 Å². The van der Waals surface area contributed by atoms with Gasteiger partial charge in [-0.1, -0.05) is 31.4 Å². The first-order valence-electron chi connectivity index (χ1n) is 9.53. The molecule has 1 aliphatic carbocycles. The Hall–Kier alpha value is -2.92. The molecule has 0 saturated heterocycles. The molecule has 1 saturated carbocycles. The molecule has 0 aliphatic heterocycles. The highest BCUT2D eigenvalue weighted by Gasteiger charge is 2.33. The fourth-order valence-electron chi connectivity index (χ4n) is 3.32. The number of thiazole rings is 1. The van der Waals surface area contributed by atoms with Crippen molar-refractivity contribution in [2.24, 2.45) is 0 Å². The van der Waals surface area contributed by atoms with Crippen LogP contribution in [0.3, 0.4) is 0 Å². The summed E-state index contributed by atoms with van der Waals surface area (Å²) in [7, 11) is 0. The SMILES string of the molecule is Cc1nc(COc2ccccc2C(=O)OCC(=O)NC2(C#N)CCCCC2)cs1. The van der Waals surface area contributed by atoms with Gasteiger partial charge in [-0.3, -0.25) is 4.79 Å². The molecule has 1 amide bonds. The molecule has 1 aromatic carbocycles. The van der Waals surface area contributed by atoms with Crippen LogP contribution >= 0.6 is 11.3 Å². The minimum Gasteiger partial charge on any atom is -0.486 e. The van der Waals surface area contributed by atoms with Crippen molar-refractivity contribution in [1.82, 2.24) is 10.3 Å². The zero-order chi connectivity index (χ0) is 20.7. The van der Waals surface area contributed by atoms with Crippen LogP contribution in [0.1, 0.15) is 53.2 Å². The first-order chi connectivity index (χ1) is 14.0. The standard InChI is InChI=1S/C21H23N3O4S/c1-15-23-16(13-29-15)11-27-18-8-4-3-7-17(18)20(26)28-12-19(25)24-21(14-22)9-5-2-6-10-21/h3-4,7-8,13H,2,5-6,9-12H2,1H3,(H,24,25). The van der Waals surface area contributed by atoms with Gasteiger partial charge in [0.25, 0.3) is 5.91 Å². The average Bonchev–Trinajstić information content (AvgIpc) is 3.16. The van der Waals surface area contributed by atoms with E-state index in [-0.39, 0.29) is 12.2 Å². The quantitative estimate of drug-likeness (QED) is 0.697. The average molecular weight is 413 g/mol. The highest BCUT2D eigenvalue weighted by atomic mass is 32.1. The van der Waals surface area contributed by atoms with Crippen LogP contribution in [0.2, 0.25) is 0 Å². The van der Waals surface area contributed by atoms with Gasteiger partial charge in [-0.2, -0.15) is 5.26 Å². The van der Waals surface area contributed by atoms with E-state index in [0.717, 1.165) is 30.0 Å². The molecule has 1 fully saturated rings. The number of amides is 1. The lowest BCUT2D eigenvalue weighted by atomic mass is 9.83. The number of rotatable bonds is 7. The lowest BCUT2D eigenvalue weighted by Gasteiger charge is -2.31. The van der Waals surface area contributed by atoms with E-state index in [2.05, 4.69) is 16.4 Å². The maximum Gasteiger partial charge on any atom is 0.342 e. The van der Waals surface area contributed by atoms with E-state index < -0.39 is 24.0 Å². The third kappa shape index (κ3) is 5.55. The van der Waals surface area contributed by atoms with Crippen molar-refractivity contribution in [3.8, 4) is 11.8 Å². The maximum atomic E-state index is 12.5. The second kappa shape index (κ2) is 9.52. The Kier molecular flexibility index (Phi) is 6.83. The lowest BCUT2D eigenvalue weighted by Crippen LogP contribution is -2.50. The van der Waals surface area contributed by atoms with Crippen LogP contribution in [0.4, 0.5) is 0 Å². The Bertz CT molecular complexity index is 913. The van der Waals surface area contributed by atoms with Crippen molar-refractivity contribution >= 4 is 23.2 Å². The second-order valence-corrected chi connectivity index (χ2v) is 8.08. The minimum atomic E-state index is -0.853. The molecule has 7 nitrogen and oxygen atoms in total. The Morgan fingerprint density at radius 1 is 1.28 bits per heavy atom. The van der Waals surface area contributed by atoms with E-state index >= 15 is 0 Å². The molecule has 0 radical (unpaired) electrons. The normalized spacial score (nSPS) is 15.2. The highest BCUT2D eigenvalue weighted by molar-refractivity contribution is 7.09. The van der Waals surface area contributed by atoms with Gasteiger partial charge in [0.05, 0.1) is 16.8 Å². The van der Waals surface area contributed by atoms with Crippen molar-refractivity contribution in [3.63, 3.8) is 0 Å². The second-order valence-electron chi connectivity index (χ2n) is 7.02. The number of ether oxygens (including phenoxy) is 2. The van der Waals surface area contributed by atoms with Gasteiger partial charge in [0.2, 0.25) is 0 Å². The Labute approximate surface area is 173 Å². The van der Waals surface area contributed by atoms with E-state index in [9.17, 15) is 14.9 Å². The number of carbonyl (C=O) groups excluding carboxylic acids is 2. The minimum absolute atomic E-state index is 0.236. The first-order valence-corrected chi connectivity index (χ1v) is 10.4. The van der Waals surface area contributed by atoms with Crippen molar-refractivity contribution in [1.29, 1.82) is 5.26 Å². The van der Waals surface area contributed by atoms with Crippen molar-refractivity contribution < 1.29 is 19.1 Å². The summed E-state index contributed by atoms with van der Waals surface area (Å²) in [6.45, 7) is 1.70. The molecule has 1 heterocycles. The summed E-state index contributed by atoms with van der Waals surface area (Å²) < 4.78 is 10.9. The summed E-state index contributed by atoms with van der Waals surface area (Å²) in [6, 6.07) is 8.92. The van der Waals surface area contributed by atoms with Gasteiger partial charge < -0.3 is 14.8 Å². The topological polar surface area (TPSA) is 101 Å². The summed E-state index contributed by atoms with van der Waals surface area (Å²) in [5, 5.41) is 15.0. The van der Waals surface area contributed by atoms with Gasteiger partial charge in [0.15, 0.2) is 6.61 Å². The lowest BCUT2D eigenvalue weighted by molar-refractivity contribution is -0.125. The van der Waals surface area contributed by atoms with E-state index in [1.807, 2.05) is 12.3 Å².